The number of hydrogen-bond acceptors (Lipinski definition) is 4. The van der Waals surface area contributed by atoms with Gasteiger partial charge in [0.15, 0.2) is 11.5 Å². The topological polar surface area (TPSA) is 44.5 Å². The van der Waals surface area contributed by atoms with Crippen LogP contribution in [0.5, 0.6) is 11.5 Å². The number of benzene rings is 2. The lowest BCUT2D eigenvalue weighted by Crippen LogP contribution is -1.93. The van der Waals surface area contributed by atoms with E-state index in [1.165, 1.54) is 0 Å². The van der Waals surface area contributed by atoms with E-state index in [0.717, 1.165) is 27.5 Å². The van der Waals surface area contributed by atoms with Crippen LogP contribution in [0.2, 0.25) is 5.02 Å². The molecule has 0 aromatic heterocycles. The van der Waals surface area contributed by atoms with E-state index in [0.29, 0.717) is 16.5 Å². The molecule has 0 atom stereocenters. The number of hydrogen-bond donors (Lipinski definition) is 1. The standard InChI is InChI=1S/C15H14ClNO2S/c1-9-3-2-4-13(14(9)17)20-7-10-5-11(16)15-12(6-10)18-8-19-15/h2-6H,7-8,17H2,1H3. The van der Waals surface area contributed by atoms with Crippen LogP contribution in [0.4, 0.5) is 5.69 Å². The van der Waals surface area contributed by atoms with E-state index in [9.17, 15) is 0 Å². The summed E-state index contributed by atoms with van der Waals surface area (Å²) in [6, 6.07) is 9.93. The van der Waals surface area contributed by atoms with E-state index >= 15 is 0 Å². The third-order valence-electron chi connectivity index (χ3n) is 3.17. The Morgan fingerprint density at radius 3 is 3.00 bits per heavy atom. The second-order valence-corrected chi connectivity index (χ2v) is 6.01. The van der Waals surface area contributed by atoms with E-state index in [1.807, 2.05) is 37.3 Å². The molecule has 1 aliphatic rings. The van der Waals surface area contributed by atoms with Gasteiger partial charge in [-0.25, -0.2) is 0 Å². The van der Waals surface area contributed by atoms with Gasteiger partial charge in [-0.2, -0.15) is 0 Å². The number of nitrogen functional groups attached to an aromatic ring is 1. The highest BCUT2D eigenvalue weighted by molar-refractivity contribution is 7.98. The van der Waals surface area contributed by atoms with Gasteiger partial charge in [0.2, 0.25) is 6.79 Å². The zero-order chi connectivity index (χ0) is 14.1. The molecule has 0 saturated heterocycles. The maximum absolute atomic E-state index is 6.17. The lowest BCUT2D eigenvalue weighted by molar-refractivity contribution is 0.174. The Balaban J connectivity index is 1.79. The molecule has 1 aliphatic heterocycles. The Hall–Kier alpha value is -1.52. The first-order valence-corrected chi connectivity index (χ1v) is 7.57. The fourth-order valence-electron chi connectivity index (χ4n) is 2.04. The monoisotopic (exact) mass is 307 g/mol. The lowest BCUT2D eigenvalue weighted by atomic mass is 10.2. The van der Waals surface area contributed by atoms with Gasteiger partial charge in [-0.15, -0.1) is 11.8 Å². The van der Waals surface area contributed by atoms with Crippen molar-refractivity contribution < 1.29 is 9.47 Å². The molecule has 2 aromatic carbocycles. The summed E-state index contributed by atoms with van der Waals surface area (Å²) < 4.78 is 10.7. The molecule has 0 saturated carbocycles. The average Bonchev–Trinajstić information content (AvgIpc) is 2.89. The Bertz CT molecular complexity index is 661. The fourth-order valence-corrected chi connectivity index (χ4v) is 3.31. The summed E-state index contributed by atoms with van der Waals surface area (Å²) in [6.07, 6.45) is 0. The summed E-state index contributed by atoms with van der Waals surface area (Å²) in [5.74, 6) is 2.13. The van der Waals surface area contributed by atoms with Crippen LogP contribution in [-0.2, 0) is 5.75 Å². The van der Waals surface area contributed by atoms with E-state index < -0.39 is 0 Å². The Morgan fingerprint density at radius 2 is 2.15 bits per heavy atom. The van der Waals surface area contributed by atoms with Gasteiger partial charge in [0.25, 0.3) is 0 Å². The number of rotatable bonds is 3. The van der Waals surface area contributed by atoms with Crippen molar-refractivity contribution in [2.75, 3.05) is 12.5 Å². The van der Waals surface area contributed by atoms with Gasteiger partial charge in [0, 0.05) is 16.3 Å². The summed E-state index contributed by atoms with van der Waals surface area (Å²) in [5, 5.41) is 0.591. The zero-order valence-electron chi connectivity index (χ0n) is 11.0. The minimum Gasteiger partial charge on any atom is -0.454 e. The van der Waals surface area contributed by atoms with Crippen LogP contribution in [-0.4, -0.2) is 6.79 Å². The molecule has 104 valence electrons. The van der Waals surface area contributed by atoms with E-state index in [4.69, 9.17) is 26.8 Å². The summed E-state index contributed by atoms with van der Waals surface area (Å²) in [6.45, 7) is 2.24. The Morgan fingerprint density at radius 1 is 1.30 bits per heavy atom. The number of halogens is 1. The highest BCUT2D eigenvalue weighted by atomic mass is 35.5. The Labute approximate surface area is 127 Å². The van der Waals surface area contributed by atoms with Crippen LogP contribution in [0.3, 0.4) is 0 Å². The van der Waals surface area contributed by atoms with Gasteiger partial charge in [-0.05, 0) is 36.2 Å². The molecule has 0 radical (unpaired) electrons. The van der Waals surface area contributed by atoms with Crippen molar-refractivity contribution in [3.05, 3.63) is 46.5 Å². The third kappa shape index (κ3) is 2.53. The predicted molar refractivity (Wildman–Crippen MR) is 82.7 cm³/mol. The third-order valence-corrected chi connectivity index (χ3v) is 4.59. The van der Waals surface area contributed by atoms with Crippen molar-refractivity contribution in [2.24, 2.45) is 0 Å². The van der Waals surface area contributed by atoms with Gasteiger partial charge >= 0.3 is 0 Å². The number of para-hydroxylation sites is 1. The molecule has 3 nitrogen and oxygen atoms in total. The molecular weight excluding hydrogens is 294 g/mol. The van der Waals surface area contributed by atoms with Gasteiger partial charge in [-0.3, -0.25) is 0 Å². The van der Waals surface area contributed by atoms with Crippen LogP contribution >= 0.6 is 23.4 Å². The molecule has 0 unspecified atom stereocenters. The fraction of sp³-hybridized carbons (Fsp3) is 0.200. The largest absolute Gasteiger partial charge is 0.454 e. The predicted octanol–water partition coefficient (Wildman–Crippen LogP) is 4.25. The molecule has 0 amide bonds. The van der Waals surface area contributed by atoms with Crippen molar-refractivity contribution in [3.8, 4) is 11.5 Å². The SMILES string of the molecule is Cc1cccc(SCc2cc(Cl)c3c(c2)OCO3)c1N. The average molecular weight is 308 g/mol. The first-order chi connectivity index (χ1) is 9.65. The highest BCUT2D eigenvalue weighted by Crippen LogP contribution is 2.41. The highest BCUT2D eigenvalue weighted by Gasteiger charge is 2.18. The molecule has 3 rings (SSSR count). The molecule has 0 spiro atoms. The second-order valence-electron chi connectivity index (χ2n) is 4.59. The summed E-state index contributed by atoms with van der Waals surface area (Å²) in [7, 11) is 0. The molecule has 2 aromatic rings. The smallest absolute Gasteiger partial charge is 0.231 e. The normalized spacial score (nSPS) is 12.7. The van der Waals surface area contributed by atoms with Gasteiger partial charge < -0.3 is 15.2 Å². The minimum atomic E-state index is 0.233. The van der Waals surface area contributed by atoms with Gasteiger partial charge in [0.05, 0.1) is 5.02 Å². The summed E-state index contributed by atoms with van der Waals surface area (Å²) >= 11 is 7.86. The quantitative estimate of drug-likeness (QED) is 0.680. The lowest BCUT2D eigenvalue weighted by Gasteiger charge is -2.09. The minimum absolute atomic E-state index is 0.233. The number of ether oxygens (including phenoxy) is 2. The van der Waals surface area contributed by atoms with Crippen molar-refractivity contribution >= 4 is 29.1 Å². The van der Waals surface area contributed by atoms with Crippen LogP contribution in [0.1, 0.15) is 11.1 Å². The molecule has 0 fully saturated rings. The molecule has 20 heavy (non-hydrogen) atoms. The van der Waals surface area contributed by atoms with Crippen molar-refractivity contribution in [2.45, 2.75) is 17.6 Å². The number of nitrogens with two attached hydrogens (primary N) is 1. The molecule has 1 heterocycles. The second kappa shape index (κ2) is 5.46. The van der Waals surface area contributed by atoms with Crippen LogP contribution < -0.4 is 15.2 Å². The number of anilines is 1. The van der Waals surface area contributed by atoms with E-state index in [2.05, 4.69) is 0 Å². The maximum atomic E-state index is 6.17. The maximum Gasteiger partial charge on any atom is 0.231 e. The van der Waals surface area contributed by atoms with Crippen molar-refractivity contribution in [1.29, 1.82) is 0 Å². The van der Waals surface area contributed by atoms with Crippen LogP contribution in [0, 0.1) is 6.92 Å². The number of thioether (sulfide) groups is 1. The Kier molecular flexibility index (Phi) is 3.68. The van der Waals surface area contributed by atoms with Gasteiger partial charge in [-0.1, -0.05) is 23.7 Å². The first-order valence-electron chi connectivity index (χ1n) is 6.21. The molecule has 0 bridgehead atoms. The molecule has 5 heteroatoms. The summed E-state index contributed by atoms with van der Waals surface area (Å²) in [5.41, 5.74) is 9.10. The van der Waals surface area contributed by atoms with Crippen molar-refractivity contribution in [1.82, 2.24) is 0 Å². The molecule has 0 aliphatic carbocycles. The van der Waals surface area contributed by atoms with Crippen LogP contribution in [0.15, 0.2) is 35.2 Å². The van der Waals surface area contributed by atoms with E-state index in [1.54, 1.807) is 11.8 Å². The van der Waals surface area contributed by atoms with Crippen molar-refractivity contribution in [3.63, 3.8) is 0 Å². The number of fused-ring (bicyclic) bond motifs is 1. The van der Waals surface area contributed by atoms with Crippen LogP contribution in [0.25, 0.3) is 0 Å². The molecule has 2 N–H and O–H groups in total. The van der Waals surface area contributed by atoms with Gasteiger partial charge in [0.1, 0.15) is 0 Å². The first kappa shape index (κ1) is 13.5. The van der Waals surface area contributed by atoms with E-state index in [-0.39, 0.29) is 6.79 Å². The summed E-state index contributed by atoms with van der Waals surface area (Å²) in [4.78, 5) is 1.08. The number of aryl methyl sites for hydroxylation is 1. The zero-order valence-corrected chi connectivity index (χ0v) is 12.6. The molecular formula is C15H14ClNO2S.